The zero-order valence-corrected chi connectivity index (χ0v) is 27.5. The van der Waals surface area contributed by atoms with E-state index < -0.39 is 11.2 Å². The van der Waals surface area contributed by atoms with Crippen LogP contribution in [-0.4, -0.2) is 68.7 Å². The molecule has 242 valence electrons. The minimum absolute atomic E-state index is 0.0962. The number of anilines is 1. The molecule has 2 aliphatic rings. The number of rotatable bonds is 4. The molecule has 1 unspecified atom stereocenters. The number of amides is 3. The minimum Gasteiger partial charge on any atom is -0.444 e. The number of carbonyl (C=O) groups is 3. The lowest BCUT2D eigenvalue weighted by Gasteiger charge is -2.27. The van der Waals surface area contributed by atoms with Crippen LogP contribution in [0.5, 0.6) is 0 Å². The van der Waals surface area contributed by atoms with Crippen LogP contribution in [0.1, 0.15) is 72.7 Å². The van der Waals surface area contributed by atoms with Gasteiger partial charge in [-0.15, -0.1) is 0 Å². The van der Waals surface area contributed by atoms with E-state index in [-0.39, 0.29) is 30.1 Å². The van der Waals surface area contributed by atoms with Gasteiger partial charge in [-0.05, 0) is 113 Å². The SMILES string of the molecule is CC(C)(C)OC(=O)N1CCC(C(=O)Nc2ccc3cc(-c4ccc5nc([C@@H]6CCCN6C(=O)OC(C)(C)C)[nH]c5c4)ccc3c2)C1. The minimum atomic E-state index is -0.570. The third-order valence-electron chi connectivity index (χ3n) is 8.35. The molecule has 2 fully saturated rings. The standard InChI is InChI=1S/C36H43N5O5/c1-35(2,3)45-33(43)40-17-15-26(21-40)32(42)37-27-13-11-23-18-22(9-10-24(23)19-27)25-12-14-28-29(20-25)39-31(38-28)30-8-7-16-41(30)34(44)46-36(4,5)6/h9-14,18-20,26,30H,7-8,15-17,21H2,1-6H3,(H,37,42)(H,38,39)/t26?,30-/m0/s1. The van der Waals surface area contributed by atoms with Crippen molar-refractivity contribution in [2.24, 2.45) is 5.92 Å². The van der Waals surface area contributed by atoms with Crippen LogP contribution in [-0.2, 0) is 14.3 Å². The first kappa shape index (κ1) is 31.4. The Morgan fingerprint density at radius 3 is 2.26 bits per heavy atom. The number of nitrogens with one attached hydrogen (secondary N) is 2. The lowest BCUT2D eigenvalue weighted by molar-refractivity contribution is -0.119. The molecule has 1 aromatic heterocycles. The molecule has 10 heteroatoms. The number of ether oxygens (including phenoxy) is 2. The Morgan fingerprint density at radius 1 is 0.826 bits per heavy atom. The van der Waals surface area contributed by atoms with Crippen LogP contribution in [0.15, 0.2) is 54.6 Å². The summed E-state index contributed by atoms with van der Waals surface area (Å²) in [6.45, 7) is 12.6. The van der Waals surface area contributed by atoms with Gasteiger partial charge in [-0.25, -0.2) is 14.6 Å². The molecule has 0 aliphatic carbocycles. The van der Waals surface area contributed by atoms with Gasteiger partial charge in [0.05, 0.1) is 23.0 Å². The molecule has 0 bridgehead atoms. The molecule has 3 heterocycles. The molecule has 0 radical (unpaired) electrons. The number of fused-ring (bicyclic) bond motifs is 2. The van der Waals surface area contributed by atoms with Crippen LogP contribution in [0.3, 0.4) is 0 Å². The summed E-state index contributed by atoms with van der Waals surface area (Å²) >= 11 is 0. The first-order chi connectivity index (χ1) is 21.7. The van der Waals surface area contributed by atoms with Crippen molar-refractivity contribution in [1.29, 1.82) is 0 Å². The van der Waals surface area contributed by atoms with Crippen LogP contribution < -0.4 is 5.32 Å². The summed E-state index contributed by atoms with van der Waals surface area (Å²) in [7, 11) is 0. The predicted octanol–water partition coefficient (Wildman–Crippen LogP) is 7.65. The Kier molecular flexibility index (Phi) is 8.16. The maximum Gasteiger partial charge on any atom is 0.410 e. The van der Waals surface area contributed by atoms with Gasteiger partial charge in [0.1, 0.15) is 17.0 Å². The average molecular weight is 626 g/mol. The zero-order chi connectivity index (χ0) is 32.8. The van der Waals surface area contributed by atoms with Crippen molar-refractivity contribution < 1.29 is 23.9 Å². The van der Waals surface area contributed by atoms with Gasteiger partial charge in [0.15, 0.2) is 0 Å². The number of imidazole rings is 1. The van der Waals surface area contributed by atoms with E-state index in [1.807, 2.05) is 65.8 Å². The number of likely N-dealkylation sites (tertiary alicyclic amines) is 2. The van der Waals surface area contributed by atoms with Gasteiger partial charge in [0.2, 0.25) is 5.91 Å². The van der Waals surface area contributed by atoms with Crippen molar-refractivity contribution in [2.45, 2.75) is 78.0 Å². The normalized spacial score (nSPS) is 18.7. The lowest BCUT2D eigenvalue weighted by Crippen LogP contribution is -2.36. The van der Waals surface area contributed by atoms with E-state index in [4.69, 9.17) is 14.5 Å². The van der Waals surface area contributed by atoms with Gasteiger partial charge >= 0.3 is 12.2 Å². The van der Waals surface area contributed by atoms with Gasteiger partial charge in [-0.3, -0.25) is 9.69 Å². The van der Waals surface area contributed by atoms with Gasteiger partial charge < -0.3 is 24.7 Å². The maximum absolute atomic E-state index is 13.0. The predicted molar refractivity (Wildman–Crippen MR) is 178 cm³/mol. The van der Waals surface area contributed by atoms with Crippen molar-refractivity contribution in [1.82, 2.24) is 19.8 Å². The number of benzene rings is 3. The quantitative estimate of drug-likeness (QED) is 0.241. The largest absolute Gasteiger partial charge is 0.444 e. The average Bonchev–Trinajstić information content (AvgIpc) is 3.74. The maximum atomic E-state index is 13.0. The Bertz CT molecular complexity index is 1800. The second-order valence-electron chi connectivity index (χ2n) is 14.4. The molecule has 3 aromatic carbocycles. The zero-order valence-electron chi connectivity index (χ0n) is 27.5. The number of nitrogens with zero attached hydrogens (tertiary/aromatic N) is 3. The summed E-state index contributed by atoms with van der Waals surface area (Å²) in [6, 6.07) is 18.2. The molecule has 2 atom stereocenters. The molecule has 3 amide bonds. The van der Waals surface area contributed by atoms with Gasteiger partial charge in [0, 0.05) is 25.3 Å². The van der Waals surface area contributed by atoms with Crippen LogP contribution >= 0.6 is 0 Å². The van der Waals surface area contributed by atoms with E-state index in [0.717, 1.165) is 57.3 Å². The van der Waals surface area contributed by atoms with E-state index in [2.05, 4.69) is 40.6 Å². The summed E-state index contributed by atoms with van der Waals surface area (Å²) in [4.78, 5) is 49.9. The van der Waals surface area contributed by atoms with E-state index in [0.29, 0.717) is 26.1 Å². The fourth-order valence-electron chi connectivity index (χ4n) is 6.17. The van der Waals surface area contributed by atoms with Crippen LogP contribution in [0.4, 0.5) is 15.3 Å². The highest BCUT2D eigenvalue weighted by Crippen LogP contribution is 2.34. The molecule has 10 nitrogen and oxygen atoms in total. The molecule has 2 N–H and O–H groups in total. The Hall–Kier alpha value is -4.60. The van der Waals surface area contributed by atoms with Crippen molar-refractivity contribution in [2.75, 3.05) is 25.0 Å². The van der Waals surface area contributed by atoms with Crippen molar-refractivity contribution in [3.63, 3.8) is 0 Å². The van der Waals surface area contributed by atoms with Gasteiger partial charge in [-0.2, -0.15) is 0 Å². The number of hydrogen-bond acceptors (Lipinski definition) is 6. The molecule has 4 aromatic rings. The van der Waals surface area contributed by atoms with E-state index in [1.165, 1.54) is 0 Å². The van der Waals surface area contributed by atoms with E-state index >= 15 is 0 Å². The highest BCUT2D eigenvalue weighted by atomic mass is 16.6. The number of carbonyl (C=O) groups excluding carboxylic acids is 3. The van der Waals surface area contributed by atoms with Gasteiger partial charge in [0.25, 0.3) is 0 Å². The molecular weight excluding hydrogens is 582 g/mol. The van der Waals surface area contributed by atoms with Crippen molar-refractivity contribution in [3.8, 4) is 11.1 Å². The van der Waals surface area contributed by atoms with Crippen molar-refractivity contribution in [3.05, 3.63) is 60.4 Å². The third kappa shape index (κ3) is 6.95. The molecule has 6 rings (SSSR count). The monoisotopic (exact) mass is 625 g/mol. The fourth-order valence-corrected chi connectivity index (χ4v) is 6.17. The first-order valence-corrected chi connectivity index (χ1v) is 16.0. The summed E-state index contributed by atoms with van der Waals surface area (Å²) in [5.41, 5.74) is 3.48. The van der Waals surface area contributed by atoms with E-state index in [9.17, 15) is 14.4 Å². The van der Waals surface area contributed by atoms with Crippen LogP contribution in [0, 0.1) is 5.92 Å². The number of H-pyrrole nitrogens is 1. The van der Waals surface area contributed by atoms with Crippen LogP contribution in [0.25, 0.3) is 32.9 Å². The molecule has 0 saturated carbocycles. The summed E-state index contributed by atoms with van der Waals surface area (Å²) in [6.07, 6.45) is 1.66. The highest BCUT2D eigenvalue weighted by molar-refractivity contribution is 5.97. The van der Waals surface area contributed by atoms with E-state index in [1.54, 1.807) is 9.80 Å². The highest BCUT2D eigenvalue weighted by Gasteiger charge is 2.35. The third-order valence-corrected chi connectivity index (χ3v) is 8.35. The summed E-state index contributed by atoms with van der Waals surface area (Å²) < 4.78 is 11.1. The van der Waals surface area contributed by atoms with Gasteiger partial charge in [-0.1, -0.05) is 24.3 Å². The summed E-state index contributed by atoms with van der Waals surface area (Å²) in [5, 5.41) is 5.10. The smallest absolute Gasteiger partial charge is 0.410 e. The fraction of sp³-hybridized carbons (Fsp3) is 0.444. The number of aromatic amines is 1. The second kappa shape index (κ2) is 12.0. The molecular formula is C36H43N5O5. The summed E-state index contributed by atoms with van der Waals surface area (Å²) in [5.74, 6) is 0.400. The second-order valence-corrected chi connectivity index (χ2v) is 14.4. The molecule has 46 heavy (non-hydrogen) atoms. The Balaban J connectivity index is 1.13. The Morgan fingerprint density at radius 2 is 1.50 bits per heavy atom. The van der Waals surface area contributed by atoms with Crippen molar-refractivity contribution >= 4 is 45.6 Å². The number of aromatic nitrogens is 2. The molecule has 2 saturated heterocycles. The topological polar surface area (TPSA) is 117 Å². The Labute approximate surface area is 269 Å². The first-order valence-electron chi connectivity index (χ1n) is 16.0. The van der Waals surface area contributed by atoms with Crippen LogP contribution in [0.2, 0.25) is 0 Å². The molecule has 0 spiro atoms. The molecule has 2 aliphatic heterocycles. The number of hydrogen-bond donors (Lipinski definition) is 2. The lowest BCUT2D eigenvalue weighted by atomic mass is 10.0.